The number of rotatable bonds is 2. The molecule has 0 bridgehead atoms. The van der Waals surface area contributed by atoms with Crippen molar-refractivity contribution in [2.24, 2.45) is 0 Å². The molecule has 1 N–H and O–H groups in total. The van der Waals surface area contributed by atoms with Crippen molar-refractivity contribution in [3.05, 3.63) is 62.7 Å². The average Bonchev–Trinajstić information content (AvgIpc) is 2.35. The largest absolute Gasteiger partial charge is 0.325 e. The first-order valence-corrected chi connectivity index (χ1v) is 7.38. The lowest BCUT2D eigenvalue weighted by molar-refractivity contribution is -0.118. The number of nitrogens with one attached hydrogen (secondary N) is 1. The van der Waals surface area contributed by atoms with E-state index in [0.717, 1.165) is 21.2 Å². The van der Waals surface area contributed by atoms with Gasteiger partial charge in [-0.25, -0.2) is 0 Å². The highest BCUT2D eigenvalue weighted by Gasteiger charge is 2.31. The number of hydrogen-bond acceptors (Lipinski definition) is 1. The van der Waals surface area contributed by atoms with Gasteiger partial charge in [0.05, 0.1) is 5.92 Å². The summed E-state index contributed by atoms with van der Waals surface area (Å²) in [6, 6.07) is 14.3. The lowest BCUT2D eigenvalue weighted by Crippen LogP contribution is -2.30. The van der Waals surface area contributed by atoms with Gasteiger partial charge < -0.3 is 5.32 Å². The molecule has 1 unspecified atom stereocenters. The van der Waals surface area contributed by atoms with Crippen molar-refractivity contribution in [1.82, 2.24) is 0 Å². The van der Waals surface area contributed by atoms with Gasteiger partial charge in [-0.2, -0.15) is 0 Å². The maximum Gasteiger partial charge on any atom is 0.232 e. The molecule has 0 saturated heterocycles. The number of hydrogen-bond donors (Lipinski definition) is 1. The van der Waals surface area contributed by atoms with Crippen molar-refractivity contribution in [3.8, 4) is 0 Å². The predicted octanol–water partition coefficient (Wildman–Crippen LogP) is 3.88. The molecule has 2 aromatic rings. The smallest absolute Gasteiger partial charge is 0.232 e. The van der Waals surface area contributed by atoms with Gasteiger partial charge in [-0.1, -0.05) is 30.3 Å². The summed E-state index contributed by atoms with van der Waals surface area (Å²) in [6.45, 7) is 2.01. The summed E-state index contributed by atoms with van der Waals surface area (Å²) < 4.78 is 1.13. The van der Waals surface area contributed by atoms with Crippen molar-refractivity contribution in [1.29, 1.82) is 0 Å². The minimum Gasteiger partial charge on any atom is -0.325 e. The fourth-order valence-corrected chi connectivity index (χ4v) is 2.93. The topological polar surface area (TPSA) is 29.1 Å². The highest BCUT2D eigenvalue weighted by molar-refractivity contribution is 14.1. The Hall–Kier alpha value is -1.36. The van der Waals surface area contributed by atoms with Crippen LogP contribution in [0.5, 0.6) is 0 Å². The quantitative estimate of drug-likeness (QED) is 0.807. The van der Waals surface area contributed by atoms with Crippen molar-refractivity contribution < 1.29 is 4.79 Å². The van der Waals surface area contributed by atoms with Crippen LogP contribution in [0.25, 0.3) is 0 Å². The van der Waals surface area contributed by atoms with Crippen LogP contribution < -0.4 is 5.32 Å². The van der Waals surface area contributed by atoms with Crippen LogP contribution in [0.2, 0.25) is 0 Å². The van der Waals surface area contributed by atoms with Crippen molar-refractivity contribution in [3.63, 3.8) is 0 Å². The number of benzene rings is 2. The number of fused-ring (bicyclic) bond motifs is 1. The first-order valence-electron chi connectivity index (χ1n) is 6.30. The van der Waals surface area contributed by atoms with Crippen LogP contribution in [-0.2, 0) is 11.2 Å². The van der Waals surface area contributed by atoms with E-state index >= 15 is 0 Å². The Morgan fingerprint density at radius 2 is 2.05 bits per heavy atom. The molecule has 0 heterocycles. The molecule has 0 saturated carbocycles. The minimum absolute atomic E-state index is 0.00784. The summed E-state index contributed by atoms with van der Waals surface area (Å²) in [4.78, 5) is 12.3. The van der Waals surface area contributed by atoms with E-state index in [1.165, 1.54) is 11.1 Å². The van der Waals surface area contributed by atoms with E-state index in [1.54, 1.807) is 0 Å². The number of aryl methyl sites for hydroxylation is 1. The monoisotopic (exact) mass is 363 g/mol. The highest BCUT2D eigenvalue weighted by Crippen LogP contribution is 2.35. The number of amides is 1. The molecular weight excluding hydrogens is 349 g/mol. The Labute approximate surface area is 126 Å². The van der Waals surface area contributed by atoms with Crippen LogP contribution >= 0.6 is 22.6 Å². The molecule has 3 heteroatoms. The van der Waals surface area contributed by atoms with Crippen LogP contribution in [0.3, 0.4) is 0 Å². The van der Waals surface area contributed by atoms with Crippen LogP contribution in [0, 0.1) is 10.5 Å². The number of carbonyl (C=O) groups excluding carboxylic acids is 1. The van der Waals surface area contributed by atoms with E-state index < -0.39 is 0 Å². The predicted molar refractivity (Wildman–Crippen MR) is 85.4 cm³/mol. The first-order chi connectivity index (χ1) is 9.15. The zero-order valence-corrected chi connectivity index (χ0v) is 12.8. The Morgan fingerprint density at radius 3 is 2.84 bits per heavy atom. The van der Waals surface area contributed by atoms with Crippen LogP contribution in [0.1, 0.15) is 22.6 Å². The maximum atomic E-state index is 12.3. The van der Waals surface area contributed by atoms with Crippen LogP contribution in [-0.4, -0.2) is 5.91 Å². The Bertz CT molecular complexity index is 651. The normalized spacial score (nSPS) is 16.4. The second-order valence-electron chi connectivity index (χ2n) is 4.90. The molecule has 1 aliphatic carbocycles. The van der Waals surface area contributed by atoms with Gasteiger partial charge in [-0.05, 0) is 64.8 Å². The van der Waals surface area contributed by atoms with Gasteiger partial charge in [0.1, 0.15) is 0 Å². The third-order valence-corrected chi connectivity index (χ3v) is 4.30. The van der Waals surface area contributed by atoms with Gasteiger partial charge in [0, 0.05) is 9.26 Å². The lowest BCUT2D eigenvalue weighted by Gasteiger charge is -2.29. The van der Waals surface area contributed by atoms with E-state index in [0.29, 0.717) is 0 Å². The minimum atomic E-state index is 0.00784. The van der Waals surface area contributed by atoms with E-state index in [2.05, 4.69) is 34.0 Å². The Balaban J connectivity index is 1.79. The average molecular weight is 363 g/mol. The lowest BCUT2D eigenvalue weighted by atomic mass is 9.77. The molecule has 0 fully saturated rings. The molecule has 0 aromatic heterocycles. The van der Waals surface area contributed by atoms with Gasteiger partial charge in [0.25, 0.3) is 0 Å². The number of anilines is 1. The molecule has 96 valence electrons. The summed E-state index contributed by atoms with van der Waals surface area (Å²) >= 11 is 2.26. The van der Waals surface area contributed by atoms with E-state index in [4.69, 9.17) is 0 Å². The fourth-order valence-electron chi connectivity index (χ4n) is 2.44. The van der Waals surface area contributed by atoms with Gasteiger partial charge in [0.15, 0.2) is 0 Å². The molecule has 1 atom stereocenters. The van der Waals surface area contributed by atoms with Crippen LogP contribution in [0.4, 0.5) is 5.69 Å². The Kier molecular flexibility index (Phi) is 3.31. The number of carbonyl (C=O) groups is 1. The van der Waals surface area contributed by atoms with Crippen LogP contribution in [0.15, 0.2) is 42.5 Å². The molecule has 2 aromatic carbocycles. The Morgan fingerprint density at radius 1 is 1.26 bits per heavy atom. The molecule has 0 radical (unpaired) electrons. The second kappa shape index (κ2) is 4.96. The fraction of sp³-hybridized carbons (Fsp3) is 0.188. The van der Waals surface area contributed by atoms with Crippen molar-refractivity contribution in [2.75, 3.05) is 5.32 Å². The van der Waals surface area contributed by atoms with E-state index in [1.807, 2.05) is 43.3 Å². The molecule has 19 heavy (non-hydrogen) atoms. The van der Waals surface area contributed by atoms with Gasteiger partial charge in [-0.3, -0.25) is 4.79 Å². The summed E-state index contributed by atoms with van der Waals surface area (Å²) in [6.07, 6.45) is 0.852. The van der Waals surface area contributed by atoms with Crippen molar-refractivity contribution in [2.45, 2.75) is 19.3 Å². The second-order valence-corrected chi connectivity index (χ2v) is 6.15. The SMILES string of the molecule is Cc1ccc(I)cc1NC(=O)C1Cc2ccccc21. The number of halogens is 1. The summed E-state index contributed by atoms with van der Waals surface area (Å²) in [5.41, 5.74) is 4.48. The third kappa shape index (κ3) is 2.39. The van der Waals surface area contributed by atoms with Gasteiger partial charge >= 0.3 is 0 Å². The zero-order chi connectivity index (χ0) is 13.4. The molecule has 0 spiro atoms. The molecule has 3 rings (SSSR count). The molecule has 2 nitrogen and oxygen atoms in total. The molecule has 1 aliphatic rings. The zero-order valence-electron chi connectivity index (χ0n) is 10.6. The van der Waals surface area contributed by atoms with E-state index in [9.17, 15) is 4.79 Å². The van der Waals surface area contributed by atoms with Gasteiger partial charge in [-0.15, -0.1) is 0 Å². The standard InChI is InChI=1S/C16H14INO/c1-10-6-7-12(17)9-15(10)18-16(19)14-8-11-4-2-3-5-13(11)14/h2-7,9,14H,8H2,1H3,(H,18,19). The summed E-state index contributed by atoms with van der Waals surface area (Å²) in [5.74, 6) is 0.109. The third-order valence-electron chi connectivity index (χ3n) is 3.63. The maximum absolute atomic E-state index is 12.3. The molecular formula is C16H14INO. The first kappa shape index (κ1) is 12.7. The molecule has 1 amide bonds. The molecule has 0 aliphatic heterocycles. The highest BCUT2D eigenvalue weighted by atomic mass is 127. The van der Waals surface area contributed by atoms with Gasteiger partial charge in [0.2, 0.25) is 5.91 Å². The van der Waals surface area contributed by atoms with Crippen molar-refractivity contribution >= 4 is 34.2 Å². The summed E-state index contributed by atoms with van der Waals surface area (Å²) in [5, 5.41) is 3.05. The summed E-state index contributed by atoms with van der Waals surface area (Å²) in [7, 11) is 0. The van der Waals surface area contributed by atoms with E-state index in [-0.39, 0.29) is 11.8 Å².